The number of nitrogens with zero attached hydrogens (tertiary/aromatic N) is 4. The zero-order chi connectivity index (χ0) is 12.5. The third kappa shape index (κ3) is 2.68. The molecule has 2 N–H and O–H groups in total. The van der Waals surface area contributed by atoms with E-state index in [4.69, 9.17) is 5.73 Å². The highest BCUT2D eigenvalue weighted by Crippen LogP contribution is 2.13. The number of hydrogen-bond donors (Lipinski definition) is 1. The lowest BCUT2D eigenvalue weighted by molar-refractivity contribution is 0.305. The molecular weight excluding hydrogens is 246 g/mol. The summed E-state index contributed by atoms with van der Waals surface area (Å²) in [4.78, 5) is 11.9. The van der Waals surface area contributed by atoms with E-state index < -0.39 is 10.1 Å². The van der Waals surface area contributed by atoms with Crippen LogP contribution in [0.25, 0.3) is 11.2 Å². The number of anilines is 1. The maximum absolute atomic E-state index is 10.8. The standard InChI is InChI=1S/C8H11N5O3S/c1-17(14,15)16-3-2-13-5-12-6-7(9)10-4-11-8(6)13/h4-5H,2-3H2,1H3,(H2,9,10,11). The molecule has 2 heterocycles. The molecule has 0 spiro atoms. The van der Waals surface area contributed by atoms with Crippen molar-refractivity contribution in [1.82, 2.24) is 19.5 Å². The fourth-order valence-electron chi connectivity index (χ4n) is 1.35. The molecular formula is C8H11N5O3S. The van der Waals surface area contributed by atoms with Gasteiger partial charge in [0.1, 0.15) is 11.8 Å². The van der Waals surface area contributed by atoms with E-state index >= 15 is 0 Å². The molecule has 0 radical (unpaired) electrons. The van der Waals surface area contributed by atoms with E-state index in [1.54, 1.807) is 4.57 Å². The number of hydrogen-bond acceptors (Lipinski definition) is 7. The molecule has 2 aromatic rings. The van der Waals surface area contributed by atoms with E-state index in [9.17, 15) is 8.42 Å². The number of nitrogen functional groups attached to an aromatic ring is 1. The second kappa shape index (κ2) is 4.26. The van der Waals surface area contributed by atoms with Crippen molar-refractivity contribution in [1.29, 1.82) is 0 Å². The summed E-state index contributed by atoms with van der Waals surface area (Å²) < 4.78 is 27.9. The molecule has 0 fully saturated rings. The average molecular weight is 257 g/mol. The van der Waals surface area contributed by atoms with Gasteiger partial charge in [-0.25, -0.2) is 15.0 Å². The Morgan fingerprint density at radius 2 is 2.18 bits per heavy atom. The highest BCUT2D eigenvalue weighted by molar-refractivity contribution is 7.85. The van der Waals surface area contributed by atoms with E-state index in [0.29, 0.717) is 17.7 Å². The van der Waals surface area contributed by atoms with Crippen LogP contribution in [-0.2, 0) is 20.8 Å². The minimum Gasteiger partial charge on any atom is -0.382 e. The first kappa shape index (κ1) is 11.7. The number of nitrogens with two attached hydrogens (primary N) is 1. The largest absolute Gasteiger partial charge is 0.382 e. The first-order valence-electron chi connectivity index (χ1n) is 4.73. The monoisotopic (exact) mass is 257 g/mol. The van der Waals surface area contributed by atoms with Gasteiger partial charge in [-0.05, 0) is 0 Å². The minimum absolute atomic E-state index is 0.0220. The molecule has 0 aromatic carbocycles. The number of imidazole rings is 1. The Bertz CT molecular complexity index is 636. The van der Waals surface area contributed by atoms with Crippen molar-refractivity contribution in [3.63, 3.8) is 0 Å². The van der Waals surface area contributed by atoms with Crippen LogP contribution in [-0.4, -0.2) is 40.8 Å². The Kier molecular flexibility index (Phi) is 2.94. The molecule has 0 unspecified atom stereocenters. The fourth-order valence-corrected chi connectivity index (χ4v) is 1.73. The highest BCUT2D eigenvalue weighted by atomic mass is 32.2. The predicted molar refractivity (Wildman–Crippen MR) is 60.5 cm³/mol. The SMILES string of the molecule is CS(=O)(=O)OCCn1cnc2c(N)ncnc21. The molecule has 0 aliphatic carbocycles. The van der Waals surface area contributed by atoms with Crippen LogP contribution in [0, 0.1) is 0 Å². The van der Waals surface area contributed by atoms with Crippen LogP contribution < -0.4 is 5.73 Å². The molecule has 8 nitrogen and oxygen atoms in total. The van der Waals surface area contributed by atoms with Crippen LogP contribution in [0.2, 0.25) is 0 Å². The highest BCUT2D eigenvalue weighted by Gasteiger charge is 2.08. The molecule has 2 rings (SSSR count). The molecule has 0 aliphatic rings. The summed E-state index contributed by atoms with van der Waals surface area (Å²) in [7, 11) is -3.43. The lowest BCUT2D eigenvalue weighted by Gasteiger charge is -2.03. The van der Waals surface area contributed by atoms with Crippen molar-refractivity contribution in [3.05, 3.63) is 12.7 Å². The van der Waals surface area contributed by atoms with E-state index in [-0.39, 0.29) is 12.4 Å². The molecule has 0 bridgehead atoms. The second-order valence-corrected chi connectivity index (χ2v) is 5.04. The van der Waals surface area contributed by atoms with Gasteiger partial charge in [0.2, 0.25) is 0 Å². The Morgan fingerprint density at radius 3 is 2.88 bits per heavy atom. The molecule has 0 amide bonds. The molecule has 0 saturated heterocycles. The first-order chi connectivity index (χ1) is 7.97. The van der Waals surface area contributed by atoms with Crippen molar-refractivity contribution in [2.24, 2.45) is 0 Å². The molecule has 9 heteroatoms. The lowest BCUT2D eigenvalue weighted by atomic mass is 10.5. The minimum atomic E-state index is -3.43. The van der Waals surface area contributed by atoms with E-state index in [2.05, 4.69) is 19.1 Å². The van der Waals surface area contributed by atoms with Gasteiger partial charge in [-0.15, -0.1) is 0 Å². The van der Waals surface area contributed by atoms with Gasteiger partial charge in [-0.3, -0.25) is 4.18 Å². The van der Waals surface area contributed by atoms with E-state index in [1.807, 2.05) is 0 Å². The summed E-state index contributed by atoms with van der Waals surface area (Å²) in [5, 5.41) is 0. The third-order valence-electron chi connectivity index (χ3n) is 2.06. The quantitative estimate of drug-likeness (QED) is 0.726. The van der Waals surface area contributed by atoms with Gasteiger partial charge in [-0.2, -0.15) is 8.42 Å². The van der Waals surface area contributed by atoms with Crippen molar-refractivity contribution in [3.8, 4) is 0 Å². The van der Waals surface area contributed by atoms with Crippen molar-refractivity contribution >= 4 is 27.1 Å². The molecule has 0 atom stereocenters. The summed E-state index contributed by atoms with van der Waals surface area (Å²) in [6.07, 6.45) is 3.84. The molecule has 92 valence electrons. The first-order valence-corrected chi connectivity index (χ1v) is 6.55. The number of fused-ring (bicyclic) bond motifs is 1. The maximum atomic E-state index is 10.8. The van der Waals surface area contributed by atoms with Gasteiger partial charge in [0.05, 0.1) is 25.7 Å². The summed E-state index contributed by atoms with van der Waals surface area (Å²) in [5.74, 6) is 0.290. The van der Waals surface area contributed by atoms with Crippen LogP contribution in [0.3, 0.4) is 0 Å². The van der Waals surface area contributed by atoms with E-state index in [0.717, 1.165) is 6.26 Å². The normalized spacial score (nSPS) is 12.1. The average Bonchev–Trinajstić information content (AvgIpc) is 2.61. The van der Waals surface area contributed by atoms with Crippen LogP contribution in [0.4, 0.5) is 5.82 Å². The summed E-state index contributed by atoms with van der Waals surface area (Å²) in [6.45, 7) is 0.341. The Morgan fingerprint density at radius 1 is 1.41 bits per heavy atom. The zero-order valence-electron chi connectivity index (χ0n) is 9.07. The van der Waals surface area contributed by atoms with Crippen LogP contribution in [0.1, 0.15) is 0 Å². The number of aromatic nitrogens is 4. The Balaban J connectivity index is 2.17. The molecule has 2 aromatic heterocycles. The molecule has 0 aliphatic heterocycles. The van der Waals surface area contributed by atoms with Gasteiger partial charge in [0, 0.05) is 0 Å². The second-order valence-electron chi connectivity index (χ2n) is 3.40. The zero-order valence-corrected chi connectivity index (χ0v) is 9.88. The smallest absolute Gasteiger partial charge is 0.264 e. The molecule has 17 heavy (non-hydrogen) atoms. The van der Waals surface area contributed by atoms with E-state index in [1.165, 1.54) is 12.7 Å². The fraction of sp³-hybridized carbons (Fsp3) is 0.375. The van der Waals surface area contributed by atoms with Crippen LogP contribution in [0.5, 0.6) is 0 Å². The summed E-state index contributed by atoms with van der Waals surface area (Å²) >= 11 is 0. The van der Waals surface area contributed by atoms with Gasteiger partial charge in [0.15, 0.2) is 11.5 Å². The topological polar surface area (TPSA) is 113 Å². The van der Waals surface area contributed by atoms with Gasteiger partial charge >= 0.3 is 0 Å². The lowest BCUT2D eigenvalue weighted by Crippen LogP contribution is -2.10. The van der Waals surface area contributed by atoms with Crippen molar-refractivity contribution in [2.75, 3.05) is 18.6 Å². The third-order valence-corrected chi connectivity index (χ3v) is 2.65. The van der Waals surface area contributed by atoms with Gasteiger partial charge < -0.3 is 10.3 Å². The van der Waals surface area contributed by atoms with Crippen molar-refractivity contribution in [2.45, 2.75) is 6.54 Å². The van der Waals surface area contributed by atoms with Crippen LogP contribution in [0.15, 0.2) is 12.7 Å². The van der Waals surface area contributed by atoms with Crippen molar-refractivity contribution < 1.29 is 12.6 Å². The summed E-state index contributed by atoms with van der Waals surface area (Å²) in [6, 6.07) is 0. The predicted octanol–water partition coefficient (Wildman–Crippen LogP) is -0.615. The maximum Gasteiger partial charge on any atom is 0.264 e. The summed E-state index contributed by atoms with van der Waals surface area (Å²) in [5.41, 5.74) is 6.66. The number of rotatable bonds is 4. The van der Waals surface area contributed by atoms with Gasteiger partial charge in [0.25, 0.3) is 10.1 Å². The molecule has 0 saturated carbocycles. The van der Waals surface area contributed by atoms with Gasteiger partial charge in [-0.1, -0.05) is 0 Å². The Hall–Kier alpha value is -1.74. The van der Waals surface area contributed by atoms with Crippen LogP contribution >= 0.6 is 0 Å². The Labute approximate surface area is 97.6 Å².